The van der Waals surface area contributed by atoms with Crippen molar-refractivity contribution in [3.05, 3.63) is 54.1 Å². The minimum Gasteiger partial charge on any atom is -0.508 e. The first kappa shape index (κ1) is 16.9. The van der Waals surface area contributed by atoms with Gasteiger partial charge in [-0.3, -0.25) is 0 Å². The molecule has 3 aromatic heterocycles. The average Bonchev–Trinajstić information content (AvgIpc) is 3.29. The number of hydrogen-bond acceptors (Lipinski definition) is 7. The smallest absolute Gasteiger partial charge is 0.154 e. The van der Waals surface area contributed by atoms with Crippen LogP contribution < -0.4 is 5.32 Å². The van der Waals surface area contributed by atoms with Crippen LogP contribution in [0.1, 0.15) is 5.56 Å². The molecule has 0 amide bonds. The van der Waals surface area contributed by atoms with Crippen LogP contribution in [0.3, 0.4) is 0 Å². The van der Waals surface area contributed by atoms with Crippen molar-refractivity contribution in [2.24, 2.45) is 0 Å². The molecule has 27 heavy (non-hydrogen) atoms. The fraction of sp³-hybridized carbons (Fsp3) is 0.176. The van der Waals surface area contributed by atoms with E-state index in [4.69, 9.17) is 5.11 Å². The van der Waals surface area contributed by atoms with E-state index in [9.17, 15) is 9.50 Å². The number of fused-ring (bicyclic) bond motifs is 1. The zero-order valence-corrected chi connectivity index (χ0v) is 14.1. The van der Waals surface area contributed by atoms with Gasteiger partial charge in [-0.15, -0.1) is 10.2 Å². The summed E-state index contributed by atoms with van der Waals surface area (Å²) >= 11 is 0. The van der Waals surface area contributed by atoms with Crippen LogP contribution in [-0.4, -0.2) is 46.4 Å². The van der Waals surface area contributed by atoms with Crippen molar-refractivity contribution in [2.75, 3.05) is 11.9 Å². The van der Waals surface area contributed by atoms with Crippen LogP contribution in [0.25, 0.3) is 17.0 Å². The molecule has 0 spiro atoms. The Morgan fingerprint density at radius 1 is 1.19 bits per heavy atom. The predicted octanol–water partition coefficient (Wildman–Crippen LogP) is 1.44. The van der Waals surface area contributed by atoms with Crippen molar-refractivity contribution < 1.29 is 14.6 Å². The summed E-state index contributed by atoms with van der Waals surface area (Å²) in [5.74, 6) is 0.109. The summed E-state index contributed by atoms with van der Waals surface area (Å²) in [6.45, 7) is 0.523. The summed E-state index contributed by atoms with van der Waals surface area (Å²) in [6.07, 6.45) is 3.34. The lowest BCUT2D eigenvalue weighted by Crippen LogP contribution is -2.05. The lowest BCUT2D eigenvalue weighted by molar-refractivity contribution is 0.268. The Hall–Kier alpha value is -3.53. The number of anilines is 1. The Bertz CT molecular complexity index is 1090. The third-order valence-electron chi connectivity index (χ3n) is 3.99. The molecule has 1 aromatic carbocycles. The predicted molar refractivity (Wildman–Crippen MR) is 94.5 cm³/mol. The number of halogens is 1. The maximum atomic E-state index is 13.3. The van der Waals surface area contributed by atoms with Crippen molar-refractivity contribution in [1.82, 2.24) is 29.6 Å². The quantitative estimate of drug-likeness (QED) is 0.471. The topological polar surface area (TPSA) is 113 Å². The molecule has 4 aromatic rings. The number of aromatic nitrogens is 6. The largest absolute Gasteiger partial charge is 0.508 e. The summed E-state index contributed by atoms with van der Waals surface area (Å²) in [4.78, 5) is 4.29. The van der Waals surface area contributed by atoms with Gasteiger partial charge in [0, 0.05) is 12.1 Å². The van der Waals surface area contributed by atoms with Crippen molar-refractivity contribution in [3.8, 4) is 17.1 Å². The fourth-order valence-corrected chi connectivity index (χ4v) is 2.65. The molecule has 10 heteroatoms. The van der Waals surface area contributed by atoms with Gasteiger partial charge >= 0.3 is 0 Å². The van der Waals surface area contributed by atoms with Gasteiger partial charge in [0.1, 0.15) is 28.8 Å². The Morgan fingerprint density at radius 2 is 2.07 bits per heavy atom. The number of aliphatic hydroxyl groups is 1. The summed E-state index contributed by atoms with van der Waals surface area (Å²) in [5.41, 5.74) is 2.27. The van der Waals surface area contributed by atoms with Crippen LogP contribution in [0.15, 0.2) is 42.7 Å². The number of rotatable bonds is 6. The standard InChI is InChI=1S/C17H16FN7O2/c18-12-1-2-15(27)11(7-12)8-19-16-3-4-17-20-9-14(25(17)22-16)13-10-24(5-6-26)23-21-13/h1-4,7,9-10,26-27H,5-6,8H2,(H,19,22). The lowest BCUT2D eigenvalue weighted by Gasteiger charge is -2.08. The van der Waals surface area contributed by atoms with Gasteiger partial charge in [0.25, 0.3) is 0 Å². The minimum absolute atomic E-state index is 0.00814. The zero-order chi connectivity index (χ0) is 18.8. The summed E-state index contributed by atoms with van der Waals surface area (Å²) in [7, 11) is 0. The average molecular weight is 369 g/mol. The van der Waals surface area contributed by atoms with Gasteiger partial charge in [-0.25, -0.2) is 18.6 Å². The highest BCUT2D eigenvalue weighted by atomic mass is 19.1. The highest BCUT2D eigenvalue weighted by Crippen LogP contribution is 2.21. The fourth-order valence-electron chi connectivity index (χ4n) is 2.65. The van der Waals surface area contributed by atoms with Crippen LogP contribution in [0.4, 0.5) is 10.2 Å². The minimum atomic E-state index is -0.420. The molecule has 4 rings (SSSR count). The number of nitrogens with zero attached hydrogens (tertiary/aromatic N) is 6. The number of aliphatic hydroxyl groups excluding tert-OH is 1. The van der Waals surface area contributed by atoms with Gasteiger partial charge in [0.05, 0.1) is 25.5 Å². The van der Waals surface area contributed by atoms with Gasteiger partial charge in [-0.05, 0) is 30.3 Å². The number of imidazole rings is 1. The molecule has 9 nitrogen and oxygen atoms in total. The van der Waals surface area contributed by atoms with E-state index < -0.39 is 5.82 Å². The lowest BCUT2D eigenvalue weighted by atomic mass is 10.2. The third kappa shape index (κ3) is 3.42. The van der Waals surface area contributed by atoms with E-state index in [0.29, 0.717) is 35.0 Å². The molecule has 3 N–H and O–H groups in total. The monoisotopic (exact) mass is 369 g/mol. The first-order valence-corrected chi connectivity index (χ1v) is 8.21. The van der Waals surface area contributed by atoms with Gasteiger partial charge in [0.2, 0.25) is 0 Å². The van der Waals surface area contributed by atoms with E-state index in [0.717, 1.165) is 0 Å². The molecule has 0 bridgehead atoms. The SMILES string of the molecule is OCCn1cc(-c2cnc3ccc(NCc4cc(F)ccc4O)nn23)nn1. The van der Waals surface area contributed by atoms with E-state index in [1.807, 2.05) is 0 Å². The number of aromatic hydroxyl groups is 1. The second kappa shape index (κ2) is 7.00. The van der Waals surface area contributed by atoms with Gasteiger partial charge in [-0.2, -0.15) is 0 Å². The molecule has 0 aliphatic rings. The molecular weight excluding hydrogens is 353 g/mol. The number of nitrogens with one attached hydrogen (secondary N) is 1. The van der Waals surface area contributed by atoms with Gasteiger partial charge < -0.3 is 15.5 Å². The van der Waals surface area contributed by atoms with E-state index in [1.54, 1.807) is 29.0 Å². The maximum Gasteiger partial charge on any atom is 0.154 e. The maximum absolute atomic E-state index is 13.3. The third-order valence-corrected chi connectivity index (χ3v) is 3.99. The van der Waals surface area contributed by atoms with E-state index >= 15 is 0 Å². The van der Waals surface area contributed by atoms with Crippen LogP contribution in [0.5, 0.6) is 5.75 Å². The molecule has 0 saturated heterocycles. The van der Waals surface area contributed by atoms with E-state index in [1.165, 1.54) is 22.9 Å². The summed E-state index contributed by atoms with van der Waals surface area (Å²) < 4.78 is 16.5. The van der Waals surface area contributed by atoms with Crippen molar-refractivity contribution in [3.63, 3.8) is 0 Å². The van der Waals surface area contributed by atoms with Gasteiger partial charge in [0.15, 0.2) is 5.65 Å². The Morgan fingerprint density at radius 3 is 2.93 bits per heavy atom. The first-order valence-electron chi connectivity index (χ1n) is 8.21. The van der Waals surface area contributed by atoms with Crippen LogP contribution >= 0.6 is 0 Å². The molecule has 0 fully saturated rings. The summed E-state index contributed by atoms with van der Waals surface area (Å²) in [5, 5.41) is 34.4. The highest BCUT2D eigenvalue weighted by Gasteiger charge is 2.12. The molecule has 0 radical (unpaired) electrons. The second-order valence-corrected chi connectivity index (χ2v) is 5.85. The molecule has 0 aliphatic heterocycles. The first-order chi connectivity index (χ1) is 13.1. The van der Waals surface area contributed by atoms with Crippen LogP contribution in [0.2, 0.25) is 0 Å². The number of phenols is 1. The second-order valence-electron chi connectivity index (χ2n) is 5.85. The number of hydrogen-bond donors (Lipinski definition) is 3. The van der Waals surface area contributed by atoms with Crippen molar-refractivity contribution >= 4 is 11.5 Å². The molecule has 0 saturated carbocycles. The Kier molecular flexibility index (Phi) is 4.38. The van der Waals surface area contributed by atoms with Gasteiger partial charge in [-0.1, -0.05) is 5.21 Å². The van der Waals surface area contributed by atoms with Crippen molar-refractivity contribution in [2.45, 2.75) is 13.1 Å². The Labute approximate surface area is 152 Å². The van der Waals surface area contributed by atoms with E-state index in [2.05, 4.69) is 25.7 Å². The molecule has 138 valence electrons. The summed E-state index contributed by atoms with van der Waals surface area (Å²) in [6, 6.07) is 7.30. The van der Waals surface area contributed by atoms with Crippen LogP contribution in [-0.2, 0) is 13.1 Å². The molecular formula is C17H16FN7O2. The molecule has 3 heterocycles. The van der Waals surface area contributed by atoms with Crippen LogP contribution in [0, 0.1) is 5.82 Å². The van der Waals surface area contributed by atoms with Crippen molar-refractivity contribution in [1.29, 1.82) is 0 Å². The molecule has 0 atom stereocenters. The molecule has 0 aliphatic carbocycles. The number of benzene rings is 1. The Balaban J connectivity index is 1.60. The normalized spacial score (nSPS) is 11.2. The zero-order valence-electron chi connectivity index (χ0n) is 14.1. The van der Waals surface area contributed by atoms with E-state index in [-0.39, 0.29) is 18.9 Å². The molecule has 0 unspecified atom stereocenters. The highest BCUT2D eigenvalue weighted by molar-refractivity contribution is 5.59. The number of phenolic OH excluding ortho intramolecular Hbond substituents is 1.